The van der Waals surface area contributed by atoms with E-state index < -0.39 is 0 Å². The minimum absolute atomic E-state index is 0. The number of benzene rings is 2. The molecule has 5 nitrogen and oxygen atoms in total. The SMILES string of the molecule is CN=C(NCCc1cccc(C(=O)NC)c1)NCC1(c2ccc(Cl)cc2)CCC1.I. The van der Waals surface area contributed by atoms with Crippen molar-refractivity contribution in [2.24, 2.45) is 4.99 Å². The van der Waals surface area contributed by atoms with E-state index in [1.807, 2.05) is 36.4 Å². The highest BCUT2D eigenvalue weighted by molar-refractivity contribution is 14.0. The van der Waals surface area contributed by atoms with Gasteiger partial charge in [-0.2, -0.15) is 0 Å². The molecule has 0 heterocycles. The Morgan fingerprint density at radius 3 is 2.47 bits per heavy atom. The number of amides is 1. The van der Waals surface area contributed by atoms with Crippen LogP contribution >= 0.6 is 35.6 Å². The standard InChI is InChI=1S/C23H29ClN4O.HI/c1-25-21(29)18-6-3-5-17(15-18)11-14-27-22(26-2)28-16-23(12-4-13-23)19-7-9-20(24)10-8-19;/h3,5-10,15H,4,11-14,16H2,1-2H3,(H,25,29)(H2,26,27,28);1H. The molecule has 2 aromatic carbocycles. The number of nitrogens with zero attached hydrogens (tertiary/aromatic N) is 1. The number of halogens is 2. The second kappa shape index (κ2) is 11.6. The lowest BCUT2D eigenvalue weighted by Gasteiger charge is -2.43. The molecule has 1 amide bonds. The Morgan fingerprint density at radius 1 is 1.13 bits per heavy atom. The monoisotopic (exact) mass is 540 g/mol. The molecule has 0 spiro atoms. The van der Waals surface area contributed by atoms with Crippen molar-refractivity contribution in [3.05, 3.63) is 70.2 Å². The Morgan fingerprint density at radius 2 is 1.87 bits per heavy atom. The summed E-state index contributed by atoms with van der Waals surface area (Å²) in [6, 6.07) is 15.9. The number of rotatable bonds is 7. The Bertz CT molecular complexity index is 866. The lowest BCUT2D eigenvalue weighted by atomic mass is 9.64. The van der Waals surface area contributed by atoms with Crippen molar-refractivity contribution in [2.45, 2.75) is 31.1 Å². The number of hydrogen-bond donors (Lipinski definition) is 3. The van der Waals surface area contributed by atoms with Crippen molar-refractivity contribution >= 4 is 47.4 Å². The van der Waals surface area contributed by atoms with Gasteiger partial charge in [-0.05, 0) is 54.7 Å². The maximum atomic E-state index is 11.8. The van der Waals surface area contributed by atoms with Crippen LogP contribution in [0, 0.1) is 0 Å². The maximum absolute atomic E-state index is 11.8. The Labute approximate surface area is 201 Å². The number of hydrogen-bond acceptors (Lipinski definition) is 2. The highest BCUT2D eigenvalue weighted by Crippen LogP contribution is 2.43. The van der Waals surface area contributed by atoms with Gasteiger partial charge >= 0.3 is 0 Å². The molecular weight excluding hydrogens is 511 g/mol. The summed E-state index contributed by atoms with van der Waals surface area (Å²) in [5.41, 5.74) is 3.29. The largest absolute Gasteiger partial charge is 0.356 e. The molecule has 0 unspecified atom stereocenters. The fourth-order valence-corrected chi connectivity index (χ4v) is 3.91. The molecule has 1 fully saturated rings. The maximum Gasteiger partial charge on any atom is 0.251 e. The second-order valence-electron chi connectivity index (χ2n) is 7.52. The molecule has 7 heteroatoms. The van der Waals surface area contributed by atoms with Crippen LogP contribution < -0.4 is 16.0 Å². The Balaban J connectivity index is 0.00000320. The Hall–Kier alpha value is -1.80. The molecule has 0 aromatic heterocycles. The summed E-state index contributed by atoms with van der Waals surface area (Å²) in [5.74, 6) is 0.734. The van der Waals surface area contributed by atoms with E-state index in [9.17, 15) is 4.79 Å². The summed E-state index contributed by atoms with van der Waals surface area (Å²) in [7, 11) is 3.43. The van der Waals surface area contributed by atoms with Gasteiger partial charge in [0.05, 0.1) is 0 Å². The number of aliphatic imine (C=N–C) groups is 1. The first-order valence-corrected chi connectivity index (χ1v) is 10.5. The van der Waals surface area contributed by atoms with Gasteiger partial charge in [0.25, 0.3) is 5.91 Å². The number of nitrogens with one attached hydrogen (secondary N) is 3. The molecule has 0 bridgehead atoms. The summed E-state index contributed by atoms with van der Waals surface area (Å²) < 4.78 is 0. The molecule has 162 valence electrons. The summed E-state index contributed by atoms with van der Waals surface area (Å²) in [5, 5.41) is 10.3. The molecule has 0 radical (unpaired) electrons. The predicted octanol–water partition coefficient (Wildman–Crippen LogP) is 4.15. The van der Waals surface area contributed by atoms with E-state index in [0.717, 1.165) is 36.1 Å². The zero-order valence-corrected chi connectivity index (χ0v) is 20.6. The van der Waals surface area contributed by atoms with E-state index in [2.05, 4.69) is 33.1 Å². The summed E-state index contributed by atoms with van der Waals surface area (Å²) in [6.45, 7) is 1.59. The van der Waals surface area contributed by atoms with Crippen LogP contribution in [0.4, 0.5) is 0 Å². The van der Waals surface area contributed by atoms with Crippen LogP contribution in [-0.4, -0.2) is 39.1 Å². The minimum Gasteiger partial charge on any atom is -0.356 e. The normalized spacial score (nSPS) is 14.8. The number of carbonyl (C=O) groups is 1. The van der Waals surface area contributed by atoms with Crippen molar-refractivity contribution < 1.29 is 4.79 Å². The fraction of sp³-hybridized carbons (Fsp3) is 0.391. The third-order valence-corrected chi connectivity index (χ3v) is 5.96. The van der Waals surface area contributed by atoms with E-state index in [1.165, 1.54) is 24.8 Å². The molecule has 30 heavy (non-hydrogen) atoms. The van der Waals surface area contributed by atoms with E-state index in [-0.39, 0.29) is 35.3 Å². The highest BCUT2D eigenvalue weighted by Gasteiger charge is 2.38. The average Bonchev–Trinajstić information content (AvgIpc) is 2.72. The van der Waals surface area contributed by atoms with Gasteiger partial charge in [0, 0.05) is 43.2 Å². The van der Waals surface area contributed by atoms with Gasteiger partial charge in [-0.3, -0.25) is 9.79 Å². The number of guanidine groups is 1. The smallest absolute Gasteiger partial charge is 0.251 e. The van der Waals surface area contributed by atoms with Crippen LogP contribution in [0.25, 0.3) is 0 Å². The molecule has 3 N–H and O–H groups in total. The van der Waals surface area contributed by atoms with Crippen molar-refractivity contribution in [2.75, 3.05) is 27.2 Å². The first-order valence-electron chi connectivity index (χ1n) is 10.1. The van der Waals surface area contributed by atoms with E-state index >= 15 is 0 Å². The second-order valence-corrected chi connectivity index (χ2v) is 7.96. The van der Waals surface area contributed by atoms with Crippen molar-refractivity contribution in [1.82, 2.24) is 16.0 Å². The van der Waals surface area contributed by atoms with Crippen LogP contribution in [0.1, 0.15) is 40.7 Å². The van der Waals surface area contributed by atoms with Gasteiger partial charge in [0.15, 0.2) is 5.96 Å². The van der Waals surface area contributed by atoms with Gasteiger partial charge in [0.2, 0.25) is 0 Å². The third kappa shape index (κ3) is 6.11. The zero-order chi connectivity index (χ0) is 20.7. The van der Waals surface area contributed by atoms with Crippen LogP contribution in [0.5, 0.6) is 0 Å². The van der Waals surface area contributed by atoms with Gasteiger partial charge in [-0.1, -0.05) is 42.3 Å². The molecule has 1 aliphatic carbocycles. The Kier molecular flexibility index (Phi) is 9.42. The zero-order valence-electron chi connectivity index (χ0n) is 17.5. The first-order chi connectivity index (χ1) is 14.1. The number of carbonyl (C=O) groups excluding carboxylic acids is 1. The van der Waals surface area contributed by atoms with Gasteiger partial charge < -0.3 is 16.0 Å². The van der Waals surface area contributed by atoms with Crippen LogP contribution in [0.2, 0.25) is 5.02 Å². The van der Waals surface area contributed by atoms with Gasteiger partial charge in [0.1, 0.15) is 0 Å². The van der Waals surface area contributed by atoms with Crippen LogP contribution in [0.3, 0.4) is 0 Å². The van der Waals surface area contributed by atoms with Crippen molar-refractivity contribution in [1.29, 1.82) is 0 Å². The minimum atomic E-state index is -0.0646. The van der Waals surface area contributed by atoms with Gasteiger partial charge in [-0.15, -0.1) is 24.0 Å². The van der Waals surface area contributed by atoms with Crippen molar-refractivity contribution in [3.8, 4) is 0 Å². The molecule has 1 aliphatic rings. The molecule has 0 saturated heterocycles. The lowest BCUT2D eigenvalue weighted by Crippen LogP contribution is -2.49. The van der Waals surface area contributed by atoms with E-state index in [0.29, 0.717) is 5.56 Å². The summed E-state index contributed by atoms with van der Waals surface area (Å²) in [6.07, 6.45) is 4.40. The first kappa shape index (κ1) is 24.5. The van der Waals surface area contributed by atoms with Crippen LogP contribution in [-0.2, 0) is 11.8 Å². The molecule has 0 atom stereocenters. The van der Waals surface area contributed by atoms with E-state index in [4.69, 9.17) is 11.6 Å². The summed E-state index contributed by atoms with van der Waals surface area (Å²) in [4.78, 5) is 16.1. The molecule has 2 aromatic rings. The van der Waals surface area contributed by atoms with Gasteiger partial charge in [-0.25, -0.2) is 0 Å². The molecule has 0 aliphatic heterocycles. The topological polar surface area (TPSA) is 65.5 Å². The molecule has 1 saturated carbocycles. The molecule has 3 rings (SSSR count). The highest BCUT2D eigenvalue weighted by atomic mass is 127. The molecular formula is C23H30ClIN4O. The summed E-state index contributed by atoms with van der Waals surface area (Å²) >= 11 is 6.05. The average molecular weight is 541 g/mol. The van der Waals surface area contributed by atoms with Crippen LogP contribution in [0.15, 0.2) is 53.5 Å². The predicted molar refractivity (Wildman–Crippen MR) is 135 cm³/mol. The van der Waals surface area contributed by atoms with E-state index in [1.54, 1.807) is 14.1 Å². The quantitative estimate of drug-likeness (QED) is 0.281. The third-order valence-electron chi connectivity index (χ3n) is 5.71. The lowest BCUT2D eigenvalue weighted by molar-refractivity contribution is 0.0963. The van der Waals surface area contributed by atoms with Crippen molar-refractivity contribution in [3.63, 3.8) is 0 Å². The fourth-order valence-electron chi connectivity index (χ4n) is 3.79.